The van der Waals surface area contributed by atoms with Crippen molar-refractivity contribution in [1.82, 2.24) is 5.32 Å². The van der Waals surface area contributed by atoms with Gasteiger partial charge in [0.1, 0.15) is 5.75 Å². The van der Waals surface area contributed by atoms with Gasteiger partial charge < -0.3 is 10.1 Å². The van der Waals surface area contributed by atoms with E-state index in [1.54, 1.807) is 7.05 Å². The van der Waals surface area contributed by atoms with E-state index in [2.05, 4.69) is 21.2 Å². The Morgan fingerprint density at radius 3 is 2.94 bits per heavy atom. The van der Waals surface area contributed by atoms with Crippen LogP contribution < -0.4 is 10.1 Å². The highest BCUT2D eigenvalue weighted by Crippen LogP contribution is 2.33. The number of benzene rings is 1. The molecule has 0 saturated heterocycles. The summed E-state index contributed by atoms with van der Waals surface area (Å²) in [6.45, 7) is 1.09. The lowest BCUT2D eigenvalue weighted by Gasteiger charge is -2.10. The van der Waals surface area contributed by atoms with E-state index < -0.39 is 0 Å². The Labute approximate surface area is 110 Å². The molecule has 1 saturated carbocycles. The number of rotatable bonds is 6. The maximum absolute atomic E-state index is 11.8. The third-order valence-corrected chi connectivity index (χ3v) is 3.59. The highest BCUT2D eigenvalue weighted by atomic mass is 79.9. The first-order valence-electron chi connectivity index (χ1n) is 5.81. The van der Waals surface area contributed by atoms with E-state index in [1.807, 2.05) is 18.2 Å². The summed E-state index contributed by atoms with van der Waals surface area (Å²) in [4.78, 5) is 11.8. The topological polar surface area (TPSA) is 38.3 Å². The Morgan fingerprint density at radius 2 is 2.29 bits per heavy atom. The quantitative estimate of drug-likeness (QED) is 0.821. The van der Waals surface area contributed by atoms with Gasteiger partial charge in [0, 0.05) is 5.56 Å². The van der Waals surface area contributed by atoms with Crippen molar-refractivity contribution < 1.29 is 9.53 Å². The van der Waals surface area contributed by atoms with Crippen LogP contribution in [0.4, 0.5) is 0 Å². The standard InChI is InChI=1S/C13H16BrNO2/c1-15-7-11(16)10-3-2-4-12(13(10)14)17-8-9-5-6-9/h2-4,9,15H,5-8H2,1H3. The summed E-state index contributed by atoms with van der Waals surface area (Å²) in [5.74, 6) is 1.54. The van der Waals surface area contributed by atoms with Crippen molar-refractivity contribution in [2.75, 3.05) is 20.2 Å². The number of carbonyl (C=O) groups excluding carboxylic acids is 1. The SMILES string of the molecule is CNCC(=O)c1cccc(OCC2CC2)c1Br. The molecule has 1 fully saturated rings. The predicted molar refractivity (Wildman–Crippen MR) is 70.6 cm³/mol. The highest BCUT2D eigenvalue weighted by molar-refractivity contribution is 9.10. The molecular formula is C13H16BrNO2. The van der Waals surface area contributed by atoms with Crippen molar-refractivity contribution in [3.8, 4) is 5.75 Å². The van der Waals surface area contributed by atoms with Crippen molar-refractivity contribution >= 4 is 21.7 Å². The zero-order valence-corrected chi connectivity index (χ0v) is 11.4. The van der Waals surface area contributed by atoms with Crippen LogP contribution >= 0.6 is 15.9 Å². The molecule has 0 radical (unpaired) electrons. The van der Waals surface area contributed by atoms with Crippen LogP contribution in [0, 0.1) is 5.92 Å². The third-order valence-electron chi connectivity index (χ3n) is 2.77. The molecule has 0 aromatic heterocycles. The molecule has 0 spiro atoms. The van der Waals surface area contributed by atoms with E-state index in [1.165, 1.54) is 12.8 Å². The Hall–Kier alpha value is -0.870. The number of likely N-dealkylation sites (N-methyl/N-ethyl adjacent to an activating group) is 1. The van der Waals surface area contributed by atoms with E-state index >= 15 is 0 Å². The lowest BCUT2D eigenvalue weighted by atomic mass is 10.1. The van der Waals surface area contributed by atoms with Crippen molar-refractivity contribution in [1.29, 1.82) is 0 Å². The number of carbonyl (C=O) groups is 1. The minimum Gasteiger partial charge on any atom is -0.492 e. The molecule has 4 heteroatoms. The molecule has 0 atom stereocenters. The van der Waals surface area contributed by atoms with Crippen LogP contribution in [0.3, 0.4) is 0 Å². The van der Waals surface area contributed by atoms with Gasteiger partial charge in [-0.3, -0.25) is 4.79 Å². The maximum atomic E-state index is 11.8. The first-order chi connectivity index (χ1) is 8.22. The van der Waals surface area contributed by atoms with Crippen LogP contribution in [-0.2, 0) is 0 Å². The van der Waals surface area contributed by atoms with E-state index in [0.29, 0.717) is 18.0 Å². The monoisotopic (exact) mass is 297 g/mol. The smallest absolute Gasteiger partial charge is 0.177 e. The van der Waals surface area contributed by atoms with Crippen LogP contribution in [0.25, 0.3) is 0 Å². The highest BCUT2D eigenvalue weighted by Gasteiger charge is 2.22. The minimum absolute atomic E-state index is 0.0660. The van der Waals surface area contributed by atoms with Gasteiger partial charge in [-0.1, -0.05) is 6.07 Å². The summed E-state index contributed by atoms with van der Waals surface area (Å²) < 4.78 is 6.47. The second-order valence-corrected chi connectivity index (χ2v) is 5.12. The van der Waals surface area contributed by atoms with Crippen LogP contribution in [0.2, 0.25) is 0 Å². The summed E-state index contributed by atoms with van der Waals surface area (Å²) in [5, 5.41) is 2.86. The zero-order valence-electron chi connectivity index (χ0n) is 9.83. The summed E-state index contributed by atoms with van der Waals surface area (Å²) in [7, 11) is 1.76. The van der Waals surface area contributed by atoms with Crippen molar-refractivity contribution in [2.24, 2.45) is 5.92 Å². The van der Waals surface area contributed by atoms with Gasteiger partial charge in [0.25, 0.3) is 0 Å². The van der Waals surface area contributed by atoms with E-state index in [4.69, 9.17) is 4.74 Å². The molecule has 0 aliphatic heterocycles. The fourth-order valence-corrected chi connectivity index (χ4v) is 2.19. The number of hydrogen-bond donors (Lipinski definition) is 1. The Bertz CT molecular complexity index is 416. The lowest BCUT2D eigenvalue weighted by Crippen LogP contribution is -2.19. The predicted octanol–water partition coefficient (Wildman–Crippen LogP) is 2.64. The van der Waals surface area contributed by atoms with Gasteiger partial charge in [-0.25, -0.2) is 0 Å². The summed E-state index contributed by atoms with van der Waals surface area (Å²) in [5.41, 5.74) is 0.674. The van der Waals surface area contributed by atoms with Gasteiger partial charge in [0.05, 0.1) is 17.6 Å². The molecule has 0 amide bonds. The normalized spacial score (nSPS) is 14.7. The molecule has 2 rings (SSSR count). The first-order valence-corrected chi connectivity index (χ1v) is 6.60. The Balaban J connectivity index is 2.10. The molecule has 0 bridgehead atoms. The second-order valence-electron chi connectivity index (χ2n) is 4.33. The number of hydrogen-bond acceptors (Lipinski definition) is 3. The summed E-state index contributed by atoms with van der Waals surface area (Å²) in [6.07, 6.45) is 2.52. The fourth-order valence-electron chi connectivity index (χ4n) is 1.59. The van der Waals surface area contributed by atoms with Gasteiger partial charge in [-0.05, 0) is 53.9 Å². The van der Waals surface area contributed by atoms with Gasteiger partial charge in [-0.2, -0.15) is 0 Å². The summed E-state index contributed by atoms with van der Waals surface area (Å²) >= 11 is 3.45. The van der Waals surface area contributed by atoms with E-state index in [0.717, 1.165) is 16.8 Å². The van der Waals surface area contributed by atoms with E-state index in [9.17, 15) is 4.79 Å². The van der Waals surface area contributed by atoms with Crippen molar-refractivity contribution in [3.63, 3.8) is 0 Å². The van der Waals surface area contributed by atoms with Crippen molar-refractivity contribution in [2.45, 2.75) is 12.8 Å². The van der Waals surface area contributed by atoms with Crippen LogP contribution in [0.15, 0.2) is 22.7 Å². The molecule has 92 valence electrons. The van der Waals surface area contributed by atoms with Crippen LogP contribution in [-0.4, -0.2) is 26.0 Å². The molecule has 1 N–H and O–H groups in total. The molecule has 3 nitrogen and oxygen atoms in total. The van der Waals surface area contributed by atoms with Crippen molar-refractivity contribution in [3.05, 3.63) is 28.2 Å². The molecule has 0 unspecified atom stereocenters. The summed E-state index contributed by atoms with van der Waals surface area (Å²) in [6, 6.07) is 5.56. The minimum atomic E-state index is 0.0660. The van der Waals surface area contributed by atoms with Gasteiger partial charge in [0.15, 0.2) is 5.78 Å². The van der Waals surface area contributed by atoms with Gasteiger partial charge in [-0.15, -0.1) is 0 Å². The largest absolute Gasteiger partial charge is 0.492 e. The maximum Gasteiger partial charge on any atom is 0.177 e. The number of Topliss-reactive ketones (excluding diaryl/α,β-unsaturated/α-hetero) is 1. The number of ketones is 1. The Kier molecular flexibility index (Phi) is 4.18. The number of nitrogens with one attached hydrogen (secondary N) is 1. The molecule has 1 aliphatic carbocycles. The van der Waals surface area contributed by atoms with Crippen LogP contribution in [0.1, 0.15) is 23.2 Å². The van der Waals surface area contributed by atoms with Crippen LogP contribution in [0.5, 0.6) is 5.75 Å². The second kappa shape index (κ2) is 5.65. The Morgan fingerprint density at radius 1 is 1.53 bits per heavy atom. The molecular weight excluding hydrogens is 282 g/mol. The average Bonchev–Trinajstić information content (AvgIpc) is 3.12. The van der Waals surface area contributed by atoms with E-state index in [-0.39, 0.29) is 5.78 Å². The molecule has 17 heavy (non-hydrogen) atoms. The lowest BCUT2D eigenvalue weighted by molar-refractivity contribution is 0.0992. The molecule has 1 aromatic carbocycles. The fraction of sp³-hybridized carbons (Fsp3) is 0.462. The average molecular weight is 298 g/mol. The zero-order chi connectivity index (χ0) is 12.3. The molecule has 1 aromatic rings. The molecule has 0 heterocycles. The van der Waals surface area contributed by atoms with Gasteiger partial charge >= 0.3 is 0 Å². The molecule has 1 aliphatic rings. The van der Waals surface area contributed by atoms with Gasteiger partial charge in [0.2, 0.25) is 0 Å². The third kappa shape index (κ3) is 3.30. The number of ether oxygens (including phenoxy) is 1. The first kappa shape index (κ1) is 12.6. The number of halogens is 1.